The van der Waals surface area contributed by atoms with E-state index in [-0.39, 0.29) is 0 Å². The van der Waals surface area contributed by atoms with E-state index in [4.69, 9.17) is 9.47 Å². The first-order valence-corrected chi connectivity index (χ1v) is 6.47. The highest BCUT2D eigenvalue weighted by molar-refractivity contribution is 5.45. The van der Waals surface area contributed by atoms with Crippen molar-refractivity contribution in [3.05, 3.63) is 23.8 Å². The van der Waals surface area contributed by atoms with Gasteiger partial charge in [-0.3, -0.25) is 0 Å². The molecule has 1 rings (SSSR count). The van der Waals surface area contributed by atoms with E-state index in [1.54, 1.807) is 32.4 Å². The maximum Gasteiger partial charge on any atom is 0.161 e. The van der Waals surface area contributed by atoms with Crippen molar-refractivity contribution < 1.29 is 14.6 Å². The lowest BCUT2D eigenvalue weighted by Gasteiger charge is -2.18. The van der Waals surface area contributed by atoms with Gasteiger partial charge < -0.3 is 14.6 Å². The van der Waals surface area contributed by atoms with E-state index in [1.807, 2.05) is 0 Å². The fourth-order valence-corrected chi connectivity index (χ4v) is 2.01. The third-order valence-electron chi connectivity index (χ3n) is 3.14. The van der Waals surface area contributed by atoms with Crippen molar-refractivity contribution in [2.45, 2.75) is 38.2 Å². The van der Waals surface area contributed by atoms with Crippen LogP contribution < -0.4 is 9.47 Å². The van der Waals surface area contributed by atoms with Crippen molar-refractivity contribution >= 4 is 0 Å². The molecule has 0 radical (unpaired) electrons. The van der Waals surface area contributed by atoms with Gasteiger partial charge >= 0.3 is 0 Å². The lowest BCUT2D eigenvalue weighted by molar-refractivity contribution is 0.148. The molecule has 0 aromatic heterocycles. The summed E-state index contributed by atoms with van der Waals surface area (Å²) in [5, 5.41) is 19.3. The van der Waals surface area contributed by atoms with Gasteiger partial charge in [0.1, 0.15) is 0 Å². The Morgan fingerprint density at radius 3 is 2.47 bits per heavy atom. The minimum atomic E-state index is -0.650. The van der Waals surface area contributed by atoms with Crippen molar-refractivity contribution in [1.29, 1.82) is 5.26 Å². The van der Waals surface area contributed by atoms with Crippen LogP contribution in [0.4, 0.5) is 0 Å². The van der Waals surface area contributed by atoms with Gasteiger partial charge in [-0.15, -0.1) is 0 Å². The van der Waals surface area contributed by atoms with Crippen LogP contribution in [0.3, 0.4) is 0 Å². The second kappa shape index (κ2) is 7.65. The third-order valence-corrected chi connectivity index (χ3v) is 3.14. The second-order valence-corrected chi connectivity index (χ2v) is 4.43. The Balaban J connectivity index is 2.96. The summed E-state index contributed by atoms with van der Waals surface area (Å²) in [6.45, 7) is 2.06. The molecule has 1 aromatic rings. The molecule has 0 aliphatic rings. The summed E-state index contributed by atoms with van der Waals surface area (Å²) < 4.78 is 10.4. The van der Waals surface area contributed by atoms with Crippen LogP contribution >= 0.6 is 0 Å². The number of hydrogen-bond acceptors (Lipinski definition) is 4. The molecule has 0 saturated carbocycles. The van der Waals surface area contributed by atoms with Crippen LogP contribution in [0.25, 0.3) is 0 Å². The smallest absolute Gasteiger partial charge is 0.161 e. The molecule has 4 nitrogen and oxygen atoms in total. The number of unbranched alkanes of at least 4 members (excludes halogenated alkanes) is 1. The van der Waals surface area contributed by atoms with Crippen molar-refractivity contribution in [2.75, 3.05) is 14.2 Å². The van der Waals surface area contributed by atoms with Crippen molar-refractivity contribution in [1.82, 2.24) is 0 Å². The highest BCUT2D eigenvalue weighted by atomic mass is 16.5. The Labute approximate surface area is 114 Å². The minimum Gasteiger partial charge on any atom is -0.493 e. The van der Waals surface area contributed by atoms with Gasteiger partial charge in [-0.1, -0.05) is 25.8 Å². The molecule has 0 heterocycles. The molecule has 0 spiro atoms. The number of nitriles is 1. The van der Waals surface area contributed by atoms with Crippen molar-refractivity contribution in [3.63, 3.8) is 0 Å². The molecule has 1 N–H and O–H groups in total. The summed E-state index contributed by atoms with van der Waals surface area (Å²) >= 11 is 0. The standard InChI is InChI=1S/C15H21NO3/c1-4-5-6-13(17)12(10-16)11-7-8-14(18-2)15(9-11)19-3/h7-9,12-13,17H,4-6H2,1-3H3. The SMILES string of the molecule is CCCCC(O)C(C#N)c1ccc(OC)c(OC)c1. The number of aliphatic hydroxyl groups excluding tert-OH is 1. The molecule has 2 unspecified atom stereocenters. The van der Waals surface area contributed by atoms with E-state index in [1.165, 1.54) is 0 Å². The zero-order valence-electron chi connectivity index (χ0n) is 11.7. The quantitative estimate of drug-likeness (QED) is 0.821. The molecule has 1 aromatic carbocycles. The predicted molar refractivity (Wildman–Crippen MR) is 73.4 cm³/mol. The summed E-state index contributed by atoms with van der Waals surface area (Å²) in [6.07, 6.45) is 1.89. The van der Waals surface area contributed by atoms with Gasteiger partial charge in [-0.05, 0) is 24.1 Å². The number of benzene rings is 1. The molecule has 4 heteroatoms. The van der Waals surface area contributed by atoms with Crippen LogP contribution in [0, 0.1) is 11.3 Å². The lowest BCUT2D eigenvalue weighted by Crippen LogP contribution is -2.17. The van der Waals surface area contributed by atoms with E-state index in [0.717, 1.165) is 18.4 Å². The highest BCUT2D eigenvalue weighted by Crippen LogP contribution is 2.32. The molecule has 0 bridgehead atoms. The van der Waals surface area contributed by atoms with Crippen molar-refractivity contribution in [2.24, 2.45) is 0 Å². The summed E-state index contributed by atoms with van der Waals surface area (Å²) in [6, 6.07) is 7.47. The van der Waals surface area contributed by atoms with E-state index < -0.39 is 12.0 Å². The molecule has 0 aliphatic carbocycles. The molecule has 104 valence electrons. The van der Waals surface area contributed by atoms with E-state index in [9.17, 15) is 10.4 Å². The molecular formula is C15H21NO3. The Kier molecular flexibility index (Phi) is 6.17. The van der Waals surface area contributed by atoms with Crippen LogP contribution in [0.5, 0.6) is 11.5 Å². The molecular weight excluding hydrogens is 242 g/mol. The first-order chi connectivity index (χ1) is 9.17. The number of methoxy groups -OCH3 is 2. The van der Waals surface area contributed by atoms with Crippen LogP contribution in [-0.2, 0) is 0 Å². The maximum absolute atomic E-state index is 10.1. The van der Waals surface area contributed by atoms with E-state index in [0.29, 0.717) is 17.9 Å². The minimum absolute atomic E-state index is 0.536. The third kappa shape index (κ3) is 3.87. The average Bonchev–Trinajstić information content (AvgIpc) is 2.45. The van der Waals surface area contributed by atoms with Gasteiger partial charge in [-0.2, -0.15) is 5.26 Å². The Hall–Kier alpha value is -1.73. The first-order valence-electron chi connectivity index (χ1n) is 6.47. The summed E-state index contributed by atoms with van der Waals surface area (Å²) in [5.74, 6) is 0.653. The van der Waals surface area contributed by atoms with Crippen molar-refractivity contribution in [3.8, 4) is 17.6 Å². The molecule has 19 heavy (non-hydrogen) atoms. The number of aliphatic hydroxyl groups is 1. The number of hydrogen-bond donors (Lipinski definition) is 1. The molecule has 0 amide bonds. The zero-order valence-corrected chi connectivity index (χ0v) is 11.7. The van der Waals surface area contributed by atoms with Gasteiger partial charge in [0.05, 0.1) is 32.3 Å². The average molecular weight is 263 g/mol. The largest absolute Gasteiger partial charge is 0.493 e. The fraction of sp³-hybridized carbons (Fsp3) is 0.533. The van der Waals surface area contributed by atoms with Gasteiger partial charge in [0.2, 0.25) is 0 Å². The number of nitrogens with zero attached hydrogens (tertiary/aromatic N) is 1. The lowest BCUT2D eigenvalue weighted by atomic mass is 9.91. The topological polar surface area (TPSA) is 62.5 Å². The molecule has 0 saturated heterocycles. The fourth-order valence-electron chi connectivity index (χ4n) is 2.01. The van der Waals surface area contributed by atoms with Gasteiger partial charge in [-0.25, -0.2) is 0 Å². The first kappa shape index (κ1) is 15.3. The maximum atomic E-state index is 10.1. The normalized spacial score (nSPS) is 13.4. The van der Waals surface area contributed by atoms with Gasteiger partial charge in [0.25, 0.3) is 0 Å². The van der Waals surface area contributed by atoms with Crippen LogP contribution in [0.15, 0.2) is 18.2 Å². The molecule has 0 fully saturated rings. The summed E-state index contributed by atoms with van der Waals surface area (Å²) in [5.41, 5.74) is 0.753. The zero-order chi connectivity index (χ0) is 14.3. The van der Waals surface area contributed by atoms with Crippen LogP contribution in [-0.4, -0.2) is 25.4 Å². The summed E-state index contributed by atoms with van der Waals surface area (Å²) in [7, 11) is 3.12. The second-order valence-electron chi connectivity index (χ2n) is 4.43. The Morgan fingerprint density at radius 2 is 1.95 bits per heavy atom. The highest BCUT2D eigenvalue weighted by Gasteiger charge is 2.21. The summed E-state index contributed by atoms with van der Waals surface area (Å²) in [4.78, 5) is 0. The van der Waals surface area contributed by atoms with E-state index in [2.05, 4.69) is 13.0 Å². The molecule has 0 aliphatic heterocycles. The monoisotopic (exact) mass is 263 g/mol. The number of ether oxygens (including phenoxy) is 2. The molecule has 2 atom stereocenters. The predicted octanol–water partition coefficient (Wildman–Crippen LogP) is 2.86. The van der Waals surface area contributed by atoms with Gasteiger partial charge in [0, 0.05) is 0 Å². The Morgan fingerprint density at radius 1 is 1.26 bits per heavy atom. The van der Waals surface area contributed by atoms with Gasteiger partial charge in [0.15, 0.2) is 11.5 Å². The Bertz CT molecular complexity index is 440. The number of rotatable bonds is 7. The van der Waals surface area contributed by atoms with E-state index >= 15 is 0 Å². The van der Waals surface area contributed by atoms with Crippen LogP contribution in [0.1, 0.15) is 37.7 Å². The van der Waals surface area contributed by atoms with Crippen LogP contribution in [0.2, 0.25) is 0 Å².